The van der Waals surface area contributed by atoms with E-state index in [2.05, 4.69) is 97.9 Å². The summed E-state index contributed by atoms with van der Waals surface area (Å²) in [5.74, 6) is 1.15. The average molecular weight is 694 g/mol. The SMILES string of the molecule is C=CCOc1c(Br)cc(Br)cc1/C=N/NC(=O)N/N=C/c1cc(Br)cc(Br)c1OCC=C. The monoisotopic (exact) mass is 690 g/mol. The Kier molecular flexibility index (Phi) is 11.1. The number of hydrazone groups is 2. The first-order valence-electron chi connectivity index (χ1n) is 8.93. The summed E-state index contributed by atoms with van der Waals surface area (Å²) in [6, 6.07) is 6.68. The van der Waals surface area contributed by atoms with Crippen LogP contribution in [-0.4, -0.2) is 31.7 Å². The number of hydrogen-bond acceptors (Lipinski definition) is 5. The molecule has 0 aliphatic rings. The van der Waals surface area contributed by atoms with Crippen molar-refractivity contribution in [1.82, 2.24) is 10.9 Å². The molecule has 0 fully saturated rings. The Morgan fingerprint density at radius 3 is 1.59 bits per heavy atom. The van der Waals surface area contributed by atoms with Crippen LogP contribution in [-0.2, 0) is 0 Å². The number of nitrogens with one attached hydrogen (secondary N) is 2. The fourth-order valence-electron chi connectivity index (χ4n) is 2.29. The van der Waals surface area contributed by atoms with E-state index < -0.39 is 6.03 Å². The van der Waals surface area contributed by atoms with Gasteiger partial charge in [0.1, 0.15) is 24.7 Å². The number of halogens is 4. The van der Waals surface area contributed by atoms with Gasteiger partial charge in [-0.05, 0) is 56.1 Å². The number of carbonyl (C=O) groups is 1. The molecule has 0 atom stereocenters. The van der Waals surface area contributed by atoms with Gasteiger partial charge in [-0.3, -0.25) is 0 Å². The second kappa shape index (κ2) is 13.6. The summed E-state index contributed by atoms with van der Waals surface area (Å²) >= 11 is 13.7. The van der Waals surface area contributed by atoms with Crippen LogP contribution in [0, 0.1) is 0 Å². The lowest BCUT2D eigenvalue weighted by Gasteiger charge is -2.10. The van der Waals surface area contributed by atoms with Gasteiger partial charge in [0.05, 0.1) is 21.4 Å². The number of hydrogen-bond donors (Lipinski definition) is 2. The quantitative estimate of drug-likeness (QED) is 0.169. The van der Waals surface area contributed by atoms with Crippen LogP contribution in [0.15, 0.2) is 77.7 Å². The Labute approximate surface area is 219 Å². The Morgan fingerprint density at radius 1 is 0.812 bits per heavy atom. The van der Waals surface area contributed by atoms with Gasteiger partial charge in [0.25, 0.3) is 0 Å². The van der Waals surface area contributed by atoms with Crippen LogP contribution in [0.1, 0.15) is 11.1 Å². The van der Waals surface area contributed by atoms with Crippen molar-refractivity contribution in [3.8, 4) is 11.5 Å². The van der Waals surface area contributed by atoms with Crippen molar-refractivity contribution in [1.29, 1.82) is 0 Å². The minimum absolute atomic E-state index is 0.327. The van der Waals surface area contributed by atoms with E-state index in [9.17, 15) is 4.79 Å². The summed E-state index contributed by atoms with van der Waals surface area (Å²) < 4.78 is 14.4. The highest BCUT2D eigenvalue weighted by atomic mass is 79.9. The molecule has 2 aromatic rings. The van der Waals surface area contributed by atoms with Crippen molar-refractivity contribution in [2.45, 2.75) is 0 Å². The highest BCUT2D eigenvalue weighted by Gasteiger charge is 2.10. The average Bonchev–Trinajstić information content (AvgIpc) is 2.72. The first-order valence-corrected chi connectivity index (χ1v) is 12.1. The number of urea groups is 1. The Hall–Kier alpha value is -1.95. The fraction of sp³-hybridized carbons (Fsp3) is 0.0952. The number of benzene rings is 2. The Bertz CT molecular complexity index is 976. The molecular formula is C21H18Br4N4O3. The molecule has 2 N–H and O–H groups in total. The van der Waals surface area contributed by atoms with E-state index in [0.717, 1.165) is 17.9 Å². The smallest absolute Gasteiger partial charge is 0.355 e. The zero-order valence-corrected chi connectivity index (χ0v) is 22.9. The molecular weight excluding hydrogens is 676 g/mol. The maximum Gasteiger partial charge on any atom is 0.355 e. The first-order chi connectivity index (χ1) is 15.3. The highest BCUT2D eigenvalue weighted by molar-refractivity contribution is 9.11. The molecule has 168 valence electrons. The van der Waals surface area contributed by atoms with E-state index in [0.29, 0.717) is 35.8 Å². The minimum atomic E-state index is -0.622. The molecule has 0 radical (unpaired) electrons. The highest BCUT2D eigenvalue weighted by Crippen LogP contribution is 2.33. The van der Waals surface area contributed by atoms with Crippen molar-refractivity contribution in [3.63, 3.8) is 0 Å². The van der Waals surface area contributed by atoms with E-state index in [4.69, 9.17) is 9.47 Å². The van der Waals surface area contributed by atoms with E-state index in [-0.39, 0.29) is 0 Å². The number of amides is 2. The molecule has 0 saturated heterocycles. The Balaban J connectivity index is 2.04. The number of nitrogens with zero attached hydrogens (tertiary/aromatic N) is 2. The predicted octanol–water partition coefficient (Wildman–Crippen LogP) is 6.53. The van der Waals surface area contributed by atoms with Crippen molar-refractivity contribution in [2.24, 2.45) is 10.2 Å². The topological polar surface area (TPSA) is 84.3 Å². The van der Waals surface area contributed by atoms with E-state index in [1.165, 1.54) is 12.4 Å². The van der Waals surface area contributed by atoms with Crippen LogP contribution in [0.4, 0.5) is 4.79 Å². The van der Waals surface area contributed by atoms with E-state index >= 15 is 0 Å². The molecule has 2 aromatic carbocycles. The van der Waals surface area contributed by atoms with Gasteiger partial charge in [-0.1, -0.05) is 57.2 Å². The van der Waals surface area contributed by atoms with E-state index in [1.54, 1.807) is 24.3 Å². The second-order valence-electron chi connectivity index (χ2n) is 5.88. The van der Waals surface area contributed by atoms with Gasteiger partial charge >= 0.3 is 6.03 Å². The normalized spacial score (nSPS) is 10.9. The summed E-state index contributed by atoms with van der Waals surface area (Å²) in [7, 11) is 0. The maximum atomic E-state index is 12.0. The van der Waals surface area contributed by atoms with Gasteiger partial charge in [0.15, 0.2) is 0 Å². The number of rotatable bonds is 10. The van der Waals surface area contributed by atoms with Crippen LogP contribution >= 0.6 is 63.7 Å². The molecule has 2 rings (SSSR count). The molecule has 0 saturated carbocycles. The van der Waals surface area contributed by atoms with Crippen molar-refractivity contribution in [3.05, 3.63) is 78.6 Å². The van der Waals surface area contributed by atoms with Gasteiger partial charge in [0.2, 0.25) is 0 Å². The molecule has 7 nitrogen and oxygen atoms in total. The van der Waals surface area contributed by atoms with Crippen molar-refractivity contribution >= 4 is 82.2 Å². The second-order valence-corrected chi connectivity index (χ2v) is 9.42. The predicted molar refractivity (Wildman–Crippen MR) is 142 cm³/mol. The van der Waals surface area contributed by atoms with Gasteiger partial charge in [0, 0.05) is 20.1 Å². The largest absolute Gasteiger partial charge is 0.488 e. The van der Waals surface area contributed by atoms with Crippen LogP contribution in [0.25, 0.3) is 0 Å². The van der Waals surface area contributed by atoms with Gasteiger partial charge in [-0.15, -0.1) is 0 Å². The maximum absolute atomic E-state index is 12.0. The zero-order chi connectivity index (χ0) is 23.5. The van der Waals surface area contributed by atoms with Gasteiger partial charge < -0.3 is 9.47 Å². The molecule has 0 aliphatic heterocycles. The minimum Gasteiger partial charge on any atom is -0.488 e. The van der Waals surface area contributed by atoms with E-state index in [1.807, 2.05) is 12.1 Å². The van der Waals surface area contributed by atoms with Crippen LogP contribution in [0.2, 0.25) is 0 Å². The number of ether oxygens (including phenoxy) is 2. The molecule has 0 heterocycles. The summed E-state index contributed by atoms with van der Waals surface area (Å²) in [5.41, 5.74) is 6.00. The fourth-order valence-corrected chi connectivity index (χ4v) is 5.03. The molecule has 0 unspecified atom stereocenters. The molecule has 0 spiro atoms. The van der Waals surface area contributed by atoms with Crippen LogP contribution < -0.4 is 20.3 Å². The van der Waals surface area contributed by atoms with Crippen molar-refractivity contribution in [2.75, 3.05) is 13.2 Å². The third kappa shape index (κ3) is 8.19. The first kappa shape index (κ1) is 26.3. The lowest BCUT2D eigenvalue weighted by Crippen LogP contribution is -2.28. The third-order valence-electron chi connectivity index (χ3n) is 3.50. The van der Waals surface area contributed by atoms with Crippen LogP contribution in [0.3, 0.4) is 0 Å². The van der Waals surface area contributed by atoms with Gasteiger partial charge in [-0.2, -0.15) is 10.2 Å². The lowest BCUT2D eigenvalue weighted by atomic mass is 10.2. The van der Waals surface area contributed by atoms with Crippen LogP contribution in [0.5, 0.6) is 11.5 Å². The summed E-state index contributed by atoms with van der Waals surface area (Å²) in [6.45, 7) is 7.93. The summed E-state index contributed by atoms with van der Waals surface area (Å²) in [4.78, 5) is 12.0. The van der Waals surface area contributed by atoms with Gasteiger partial charge in [-0.25, -0.2) is 15.6 Å². The number of carbonyl (C=O) groups excluding carboxylic acids is 1. The Morgan fingerprint density at radius 2 is 1.22 bits per heavy atom. The van der Waals surface area contributed by atoms with Crippen molar-refractivity contribution < 1.29 is 14.3 Å². The molecule has 2 amide bonds. The molecule has 11 heteroatoms. The summed E-state index contributed by atoms with van der Waals surface area (Å²) in [6.07, 6.45) is 6.20. The molecule has 32 heavy (non-hydrogen) atoms. The zero-order valence-electron chi connectivity index (χ0n) is 16.6. The lowest BCUT2D eigenvalue weighted by molar-refractivity contribution is 0.242. The molecule has 0 aromatic heterocycles. The summed E-state index contributed by atoms with van der Waals surface area (Å²) in [5, 5.41) is 7.89. The standard InChI is InChI=1S/C21H18Br4N4O3/c1-3-5-31-19-13(7-15(22)9-17(19)24)11-26-28-21(30)29-27-12-14-8-16(23)10-18(25)20(14)32-6-4-2/h3-4,7-12H,1-2,5-6H2,(H2,28,29,30)/b26-11+,27-12+. The third-order valence-corrected chi connectivity index (χ3v) is 5.60. The molecule has 0 bridgehead atoms. The molecule has 0 aliphatic carbocycles.